The van der Waals surface area contributed by atoms with Crippen LogP contribution in [0.2, 0.25) is 5.02 Å². The summed E-state index contributed by atoms with van der Waals surface area (Å²) >= 11 is 5.81. The molecule has 0 heterocycles. The minimum Gasteiger partial charge on any atom is -0.327 e. The van der Waals surface area contributed by atoms with Crippen LogP contribution >= 0.6 is 11.6 Å². The van der Waals surface area contributed by atoms with Crippen LogP contribution < -0.4 is 5.73 Å². The van der Waals surface area contributed by atoms with Crippen LogP contribution in [0.1, 0.15) is 26.3 Å². The first-order valence-corrected chi connectivity index (χ1v) is 4.84. The van der Waals surface area contributed by atoms with Crippen molar-refractivity contribution in [3.05, 3.63) is 34.9 Å². The number of rotatable bonds is 2. The second kappa shape index (κ2) is 3.69. The van der Waals surface area contributed by atoms with E-state index in [0.717, 1.165) is 5.02 Å². The lowest BCUT2D eigenvalue weighted by molar-refractivity contribution is 0.434. The van der Waals surface area contributed by atoms with Gasteiger partial charge in [0.2, 0.25) is 0 Å². The van der Waals surface area contributed by atoms with E-state index in [0.29, 0.717) is 0 Å². The fourth-order valence-electron chi connectivity index (χ4n) is 1.14. The Kier molecular flexibility index (Phi) is 2.99. The van der Waals surface area contributed by atoms with E-state index in [2.05, 4.69) is 13.8 Å². The summed E-state index contributed by atoms with van der Waals surface area (Å²) in [5, 5.41) is 0.768. The van der Waals surface area contributed by atoms with Crippen molar-refractivity contribution in [2.24, 2.45) is 5.73 Å². The molecule has 0 saturated heterocycles. The normalized spacial score (nSPS) is 14.2. The van der Waals surface area contributed by atoms with Gasteiger partial charge in [-0.3, -0.25) is 0 Å². The van der Waals surface area contributed by atoms with Crippen LogP contribution in [0.4, 0.5) is 0 Å². The minimum absolute atomic E-state index is 0.00455. The average molecular weight is 198 g/mol. The molecular weight excluding hydrogens is 182 g/mol. The van der Waals surface area contributed by atoms with Gasteiger partial charge in [-0.25, -0.2) is 0 Å². The quantitative estimate of drug-likeness (QED) is 0.775. The zero-order valence-electron chi connectivity index (χ0n) is 8.34. The molecule has 0 aromatic heterocycles. The van der Waals surface area contributed by atoms with Crippen molar-refractivity contribution in [3.63, 3.8) is 0 Å². The van der Waals surface area contributed by atoms with E-state index in [-0.39, 0.29) is 11.5 Å². The third kappa shape index (κ3) is 2.23. The Labute approximate surface area is 84.9 Å². The van der Waals surface area contributed by atoms with Gasteiger partial charge in [0.1, 0.15) is 0 Å². The van der Waals surface area contributed by atoms with Crippen LogP contribution in [-0.2, 0) is 5.41 Å². The summed E-state index contributed by atoms with van der Waals surface area (Å²) in [6.07, 6.45) is 0. The van der Waals surface area contributed by atoms with E-state index in [9.17, 15) is 0 Å². The number of benzene rings is 1. The molecule has 0 aliphatic heterocycles. The molecule has 0 aliphatic rings. The molecule has 0 aliphatic carbocycles. The van der Waals surface area contributed by atoms with Crippen molar-refractivity contribution < 1.29 is 0 Å². The number of hydrogen-bond acceptors (Lipinski definition) is 1. The Bertz CT molecular complexity index is 275. The molecule has 1 nitrogen and oxygen atoms in total. The van der Waals surface area contributed by atoms with Crippen molar-refractivity contribution in [2.75, 3.05) is 0 Å². The van der Waals surface area contributed by atoms with E-state index in [1.807, 2.05) is 31.2 Å². The molecule has 1 unspecified atom stereocenters. The lowest BCUT2D eigenvalue weighted by Gasteiger charge is -2.29. The van der Waals surface area contributed by atoms with Crippen molar-refractivity contribution in [3.8, 4) is 0 Å². The Morgan fingerprint density at radius 3 is 2.08 bits per heavy atom. The molecule has 0 amide bonds. The SMILES string of the molecule is CC(N)C(C)(C)c1ccc(Cl)cc1. The van der Waals surface area contributed by atoms with Gasteiger partial charge >= 0.3 is 0 Å². The summed E-state index contributed by atoms with van der Waals surface area (Å²) in [6.45, 7) is 6.30. The molecule has 0 fully saturated rings. The summed E-state index contributed by atoms with van der Waals surface area (Å²) in [6, 6.07) is 8.01. The van der Waals surface area contributed by atoms with Crippen molar-refractivity contribution >= 4 is 11.6 Å². The van der Waals surface area contributed by atoms with Gasteiger partial charge in [0, 0.05) is 16.5 Å². The standard InChI is InChI=1S/C11H16ClN/c1-8(13)11(2,3)9-4-6-10(12)7-5-9/h4-8H,13H2,1-3H3. The molecule has 1 atom stereocenters. The lowest BCUT2D eigenvalue weighted by atomic mass is 9.79. The average Bonchev–Trinajstić information content (AvgIpc) is 2.04. The molecule has 0 spiro atoms. The Hall–Kier alpha value is -0.530. The van der Waals surface area contributed by atoms with E-state index >= 15 is 0 Å². The molecule has 1 aromatic rings. The maximum atomic E-state index is 5.91. The van der Waals surface area contributed by atoms with Crippen molar-refractivity contribution in [1.29, 1.82) is 0 Å². The molecule has 0 bridgehead atoms. The van der Waals surface area contributed by atoms with Gasteiger partial charge in [-0.2, -0.15) is 0 Å². The van der Waals surface area contributed by atoms with Gasteiger partial charge < -0.3 is 5.73 Å². The number of halogens is 1. The first kappa shape index (κ1) is 10.6. The largest absolute Gasteiger partial charge is 0.327 e. The Balaban J connectivity index is 3.01. The molecule has 1 aromatic carbocycles. The lowest BCUT2D eigenvalue weighted by Crippen LogP contribution is -2.38. The Morgan fingerprint density at radius 2 is 1.69 bits per heavy atom. The van der Waals surface area contributed by atoms with Crippen LogP contribution in [0.15, 0.2) is 24.3 Å². The second-order valence-electron chi connectivity index (χ2n) is 4.02. The molecular formula is C11H16ClN. The van der Waals surface area contributed by atoms with E-state index in [1.165, 1.54) is 5.56 Å². The fraction of sp³-hybridized carbons (Fsp3) is 0.455. The van der Waals surface area contributed by atoms with E-state index < -0.39 is 0 Å². The molecule has 72 valence electrons. The first-order chi connectivity index (χ1) is 5.94. The van der Waals surface area contributed by atoms with Crippen LogP contribution in [0.5, 0.6) is 0 Å². The van der Waals surface area contributed by atoms with Gasteiger partial charge in [-0.05, 0) is 24.6 Å². The molecule has 2 N–H and O–H groups in total. The summed E-state index contributed by atoms with van der Waals surface area (Å²) in [5.74, 6) is 0. The topological polar surface area (TPSA) is 26.0 Å². The fourth-order valence-corrected chi connectivity index (χ4v) is 1.27. The summed E-state index contributed by atoms with van der Waals surface area (Å²) < 4.78 is 0. The van der Waals surface area contributed by atoms with Crippen LogP contribution in [0.25, 0.3) is 0 Å². The number of hydrogen-bond donors (Lipinski definition) is 1. The zero-order chi connectivity index (χ0) is 10.1. The van der Waals surface area contributed by atoms with Crippen LogP contribution in [0, 0.1) is 0 Å². The maximum Gasteiger partial charge on any atom is 0.0406 e. The summed E-state index contributed by atoms with van der Waals surface area (Å²) in [4.78, 5) is 0. The zero-order valence-corrected chi connectivity index (χ0v) is 9.10. The van der Waals surface area contributed by atoms with Gasteiger partial charge in [0.05, 0.1) is 0 Å². The first-order valence-electron chi connectivity index (χ1n) is 4.46. The molecule has 0 radical (unpaired) electrons. The summed E-state index contributed by atoms with van der Waals surface area (Å²) in [5.41, 5.74) is 7.14. The van der Waals surface area contributed by atoms with Crippen molar-refractivity contribution in [2.45, 2.75) is 32.2 Å². The molecule has 13 heavy (non-hydrogen) atoms. The highest BCUT2D eigenvalue weighted by Crippen LogP contribution is 2.26. The Morgan fingerprint density at radius 1 is 1.23 bits per heavy atom. The van der Waals surface area contributed by atoms with E-state index in [1.54, 1.807) is 0 Å². The predicted octanol–water partition coefficient (Wildman–Crippen LogP) is 2.96. The number of nitrogens with two attached hydrogens (primary N) is 1. The molecule has 1 rings (SSSR count). The smallest absolute Gasteiger partial charge is 0.0406 e. The third-order valence-corrected chi connectivity index (χ3v) is 2.98. The van der Waals surface area contributed by atoms with E-state index in [4.69, 9.17) is 17.3 Å². The maximum absolute atomic E-state index is 5.91. The van der Waals surface area contributed by atoms with Gasteiger partial charge in [0.15, 0.2) is 0 Å². The predicted molar refractivity (Wildman–Crippen MR) is 58.1 cm³/mol. The highest BCUT2D eigenvalue weighted by atomic mass is 35.5. The van der Waals surface area contributed by atoms with Crippen molar-refractivity contribution in [1.82, 2.24) is 0 Å². The highest BCUT2D eigenvalue weighted by molar-refractivity contribution is 6.30. The second-order valence-corrected chi connectivity index (χ2v) is 4.45. The van der Waals surface area contributed by atoms with Gasteiger partial charge in [0.25, 0.3) is 0 Å². The van der Waals surface area contributed by atoms with Crippen LogP contribution in [0.3, 0.4) is 0 Å². The third-order valence-electron chi connectivity index (χ3n) is 2.73. The highest BCUT2D eigenvalue weighted by Gasteiger charge is 2.24. The monoisotopic (exact) mass is 197 g/mol. The van der Waals surface area contributed by atoms with Gasteiger partial charge in [-0.15, -0.1) is 0 Å². The molecule has 2 heteroatoms. The molecule has 0 saturated carbocycles. The van der Waals surface area contributed by atoms with Crippen LogP contribution in [-0.4, -0.2) is 6.04 Å². The van der Waals surface area contributed by atoms with Gasteiger partial charge in [-0.1, -0.05) is 37.6 Å². The minimum atomic E-state index is 0.00455. The summed E-state index contributed by atoms with van der Waals surface area (Å²) in [7, 11) is 0.